The summed E-state index contributed by atoms with van der Waals surface area (Å²) >= 11 is 6.17. The van der Waals surface area contributed by atoms with Gasteiger partial charge in [0.1, 0.15) is 11.5 Å². The number of anilines is 2. The first-order chi connectivity index (χ1) is 17.5. The molecule has 0 spiro atoms. The summed E-state index contributed by atoms with van der Waals surface area (Å²) in [5.74, 6) is 0.352. The van der Waals surface area contributed by atoms with Crippen LogP contribution in [0.4, 0.5) is 11.5 Å². The number of H-pyrrole nitrogens is 2. The second-order valence-electron chi connectivity index (χ2n) is 9.76. The van der Waals surface area contributed by atoms with Crippen LogP contribution in [0.1, 0.15) is 31.4 Å². The molecule has 0 bridgehead atoms. The van der Waals surface area contributed by atoms with Crippen LogP contribution in [0.5, 0.6) is 5.88 Å². The Kier molecular flexibility index (Phi) is 5.77. The maximum atomic E-state index is 11.6. The van der Waals surface area contributed by atoms with E-state index in [2.05, 4.69) is 25.3 Å². The number of hydrogen-bond donors (Lipinski definition) is 4. The Hall–Kier alpha value is -3.63. The van der Waals surface area contributed by atoms with Gasteiger partial charge in [-0.05, 0) is 63.0 Å². The second-order valence-corrected chi connectivity index (χ2v) is 10.2. The lowest BCUT2D eigenvalue weighted by Crippen LogP contribution is -2.30. The third kappa shape index (κ3) is 4.74. The molecule has 1 saturated heterocycles. The van der Waals surface area contributed by atoms with Crippen molar-refractivity contribution in [2.45, 2.75) is 25.7 Å². The number of aromatic nitrogens is 5. The molecule has 4 heterocycles. The van der Waals surface area contributed by atoms with E-state index in [4.69, 9.17) is 21.6 Å². The molecule has 6 rings (SSSR count). The molecule has 4 N–H and O–H groups in total. The van der Waals surface area contributed by atoms with Crippen LogP contribution in [0.25, 0.3) is 11.7 Å². The SMILES string of the molecule is O=c1[nH]c(O)c(C=c2cnn3c(=NCC4(CN5CCCC5)CC4)cc(Nc4cccc(Cl)c4)nc23)[nH]1. The third-order valence-electron chi connectivity index (χ3n) is 6.90. The van der Waals surface area contributed by atoms with Crippen LogP contribution in [0, 0.1) is 5.41 Å². The molecule has 3 aromatic heterocycles. The average Bonchev–Trinajstić information content (AvgIpc) is 3.12. The van der Waals surface area contributed by atoms with Gasteiger partial charge in [0.25, 0.3) is 0 Å². The smallest absolute Gasteiger partial charge is 0.326 e. The van der Waals surface area contributed by atoms with Crippen LogP contribution in [-0.4, -0.2) is 60.8 Å². The van der Waals surface area contributed by atoms with E-state index in [0.717, 1.165) is 18.8 Å². The highest BCUT2D eigenvalue weighted by molar-refractivity contribution is 6.30. The maximum Gasteiger partial charge on any atom is 0.326 e. The summed E-state index contributed by atoms with van der Waals surface area (Å²) in [4.78, 5) is 28.8. The molecule has 0 atom stereocenters. The van der Waals surface area contributed by atoms with Gasteiger partial charge in [-0.3, -0.25) is 9.98 Å². The summed E-state index contributed by atoms with van der Waals surface area (Å²) < 4.78 is 1.70. The van der Waals surface area contributed by atoms with Gasteiger partial charge in [-0.25, -0.2) is 9.78 Å². The molecule has 11 heteroatoms. The van der Waals surface area contributed by atoms with Gasteiger partial charge in [0.2, 0.25) is 5.88 Å². The number of benzene rings is 1. The fourth-order valence-corrected chi connectivity index (χ4v) is 5.00. The highest BCUT2D eigenvalue weighted by Gasteiger charge is 2.43. The van der Waals surface area contributed by atoms with E-state index < -0.39 is 5.69 Å². The standard InChI is InChI=1S/C25H27ClN8O2/c26-17-4-3-5-18(11-17)29-20-12-21(27-14-25(6-7-25)15-33-8-1-2-9-33)34-22(31-20)16(13-28-34)10-19-23(35)32-24(36)30-19/h3-5,10-13,29,35H,1-2,6-9,14-15H2,(H2,30,32,36). The first-order valence-electron chi connectivity index (χ1n) is 12.1. The van der Waals surface area contributed by atoms with E-state index in [1.165, 1.54) is 38.8 Å². The van der Waals surface area contributed by atoms with E-state index in [-0.39, 0.29) is 17.0 Å². The second kappa shape index (κ2) is 9.11. The Morgan fingerprint density at radius 3 is 2.78 bits per heavy atom. The number of fused-ring (bicyclic) bond motifs is 1. The minimum Gasteiger partial charge on any atom is -0.493 e. The zero-order valence-corrected chi connectivity index (χ0v) is 20.4. The van der Waals surface area contributed by atoms with Gasteiger partial charge >= 0.3 is 5.69 Å². The van der Waals surface area contributed by atoms with E-state index in [0.29, 0.717) is 27.2 Å². The molecule has 36 heavy (non-hydrogen) atoms. The van der Waals surface area contributed by atoms with Crippen molar-refractivity contribution in [1.82, 2.24) is 29.5 Å². The first kappa shape index (κ1) is 22.8. The topological polar surface area (TPSA) is 127 Å². The first-order valence-corrected chi connectivity index (χ1v) is 12.5. The molecule has 1 aliphatic heterocycles. The van der Waals surface area contributed by atoms with Crippen molar-refractivity contribution in [3.8, 4) is 5.88 Å². The number of hydrogen-bond acceptors (Lipinski definition) is 7. The summed E-state index contributed by atoms with van der Waals surface area (Å²) in [6.07, 6.45) is 8.22. The Bertz CT molecular complexity index is 1590. The fourth-order valence-electron chi connectivity index (χ4n) is 4.81. The third-order valence-corrected chi connectivity index (χ3v) is 7.14. The lowest BCUT2D eigenvalue weighted by atomic mass is 10.1. The molecule has 1 saturated carbocycles. The molecule has 186 valence electrons. The van der Waals surface area contributed by atoms with Gasteiger partial charge in [-0.15, -0.1) is 0 Å². The minimum absolute atomic E-state index is 0.235. The van der Waals surface area contributed by atoms with Crippen LogP contribution >= 0.6 is 11.6 Å². The molecule has 4 aromatic rings. The number of aromatic hydroxyl groups is 1. The van der Waals surface area contributed by atoms with Crippen LogP contribution in [-0.2, 0) is 0 Å². The van der Waals surface area contributed by atoms with Gasteiger partial charge in [0.15, 0.2) is 11.1 Å². The molecule has 1 aromatic carbocycles. The van der Waals surface area contributed by atoms with E-state index in [9.17, 15) is 9.90 Å². The minimum atomic E-state index is -0.491. The van der Waals surface area contributed by atoms with Crippen LogP contribution in [0.3, 0.4) is 0 Å². The van der Waals surface area contributed by atoms with Crippen molar-refractivity contribution in [2.75, 3.05) is 31.5 Å². The number of likely N-dealkylation sites (tertiary alicyclic amines) is 1. The summed E-state index contributed by atoms with van der Waals surface area (Å²) in [6, 6.07) is 9.30. The van der Waals surface area contributed by atoms with Crippen molar-refractivity contribution in [1.29, 1.82) is 0 Å². The predicted molar refractivity (Wildman–Crippen MR) is 137 cm³/mol. The zero-order valence-electron chi connectivity index (χ0n) is 19.7. The van der Waals surface area contributed by atoms with Gasteiger partial charge in [0, 0.05) is 40.5 Å². The molecular formula is C25H27ClN8O2. The van der Waals surface area contributed by atoms with Crippen LogP contribution < -0.4 is 21.7 Å². The van der Waals surface area contributed by atoms with Gasteiger partial charge in [-0.2, -0.15) is 9.61 Å². The van der Waals surface area contributed by atoms with Crippen molar-refractivity contribution < 1.29 is 5.11 Å². The lowest BCUT2D eigenvalue weighted by molar-refractivity contribution is 0.267. The number of halogens is 1. The van der Waals surface area contributed by atoms with E-state index in [1.54, 1.807) is 16.8 Å². The molecule has 2 aliphatic rings. The Morgan fingerprint density at radius 1 is 1.22 bits per heavy atom. The molecule has 0 radical (unpaired) electrons. The summed E-state index contributed by atoms with van der Waals surface area (Å²) in [6.45, 7) is 4.18. The highest BCUT2D eigenvalue weighted by Crippen LogP contribution is 2.46. The Morgan fingerprint density at radius 2 is 2.06 bits per heavy atom. The molecule has 0 amide bonds. The number of nitrogens with one attached hydrogen (secondary N) is 3. The summed E-state index contributed by atoms with van der Waals surface area (Å²) in [5, 5.41) is 19.1. The average molecular weight is 507 g/mol. The Balaban J connectivity index is 1.42. The largest absolute Gasteiger partial charge is 0.493 e. The van der Waals surface area contributed by atoms with Crippen molar-refractivity contribution in [3.05, 3.63) is 68.4 Å². The fraction of sp³-hybridized carbons (Fsp3) is 0.360. The quantitative estimate of drug-likeness (QED) is 0.304. The molecule has 2 fully saturated rings. The predicted octanol–water partition coefficient (Wildman–Crippen LogP) is 2.17. The molecule has 10 nitrogen and oxygen atoms in total. The van der Waals surface area contributed by atoms with Gasteiger partial charge < -0.3 is 20.3 Å². The van der Waals surface area contributed by atoms with Crippen LogP contribution in [0.2, 0.25) is 5.02 Å². The number of aromatic amines is 2. The van der Waals surface area contributed by atoms with Gasteiger partial charge in [0.05, 0.1) is 6.20 Å². The number of rotatable bonds is 7. The summed E-state index contributed by atoms with van der Waals surface area (Å²) in [5.41, 5.74) is 2.03. The van der Waals surface area contributed by atoms with Crippen molar-refractivity contribution in [2.24, 2.45) is 10.4 Å². The van der Waals surface area contributed by atoms with E-state index >= 15 is 0 Å². The van der Waals surface area contributed by atoms with Crippen LogP contribution in [0.15, 0.2) is 46.3 Å². The van der Waals surface area contributed by atoms with Crippen molar-refractivity contribution >= 4 is 34.8 Å². The lowest BCUT2D eigenvalue weighted by Gasteiger charge is -2.21. The molecular weight excluding hydrogens is 480 g/mol. The number of imidazole rings is 1. The van der Waals surface area contributed by atoms with E-state index in [1.807, 2.05) is 30.3 Å². The van der Waals surface area contributed by atoms with Gasteiger partial charge in [-0.1, -0.05) is 17.7 Å². The van der Waals surface area contributed by atoms with Crippen molar-refractivity contribution in [3.63, 3.8) is 0 Å². The Labute approximate surface area is 211 Å². The molecule has 1 aliphatic carbocycles. The molecule has 0 unspecified atom stereocenters. The normalized spacial score (nSPS) is 18.4. The number of nitrogens with zero attached hydrogens (tertiary/aromatic N) is 5. The monoisotopic (exact) mass is 506 g/mol. The zero-order chi connectivity index (χ0) is 24.7. The highest BCUT2D eigenvalue weighted by atomic mass is 35.5. The summed E-state index contributed by atoms with van der Waals surface area (Å²) in [7, 11) is 0. The maximum absolute atomic E-state index is 11.6.